The summed E-state index contributed by atoms with van der Waals surface area (Å²) < 4.78 is 11.6. The maximum absolute atomic E-state index is 6.04. The molecule has 31 heavy (non-hydrogen) atoms. The molecule has 2 aromatic carbocycles. The zero-order chi connectivity index (χ0) is 21.3. The molecule has 1 saturated heterocycles. The third-order valence-corrected chi connectivity index (χ3v) is 5.95. The van der Waals surface area contributed by atoms with Gasteiger partial charge in [-0.3, -0.25) is 9.89 Å². The van der Waals surface area contributed by atoms with Gasteiger partial charge in [-0.1, -0.05) is 48.5 Å². The Kier molecular flexibility index (Phi) is 7.80. The van der Waals surface area contributed by atoms with Crippen LogP contribution in [0.25, 0.3) is 0 Å². The fourth-order valence-electron chi connectivity index (χ4n) is 3.90. The molecule has 6 nitrogen and oxygen atoms in total. The van der Waals surface area contributed by atoms with Gasteiger partial charge in [-0.15, -0.1) is 0 Å². The molecule has 1 saturated carbocycles. The number of rotatable bonds is 9. The first kappa shape index (κ1) is 21.7. The molecular weight excluding hydrogens is 388 g/mol. The number of ether oxygens (including phenoxy) is 2. The number of nitrogens with one attached hydrogen (secondary N) is 2. The summed E-state index contributed by atoms with van der Waals surface area (Å²) in [6.07, 6.45) is 2.59. The number of aliphatic imine (C=N–C) groups is 1. The smallest absolute Gasteiger partial charge is 0.191 e. The van der Waals surface area contributed by atoms with Crippen molar-refractivity contribution in [1.82, 2.24) is 15.5 Å². The van der Waals surface area contributed by atoms with Crippen LogP contribution < -0.4 is 15.4 Å². The van der Waals surface area contributed by atoms with Gasteiger partial charge in [0.1, 0.15) is 5.75 Å². The first-order valence-electron chi connectivity index (χ1n) is 11.4. The summed E-state index contributed by atoms with van der Waals surface area (Å²) >= 11 is 0. The lowest BCUT2D eigenvalue weighted by molar-refractivity contribution is 0.0170. The van der Waals surface area contributed by atoms with Gasteiger partial charge in [-0.25, -0.2) is 0 Å². The van der Waals surface area contributed by atoms with Gasteiger partial charge >= 0.3 is 0 Å². The quantitative estimate of drug-likeness (QED) is 0.480. The zero-order valence-electron chi connectivity index (χ0n) is 18.4. The summed E-state index contributed by atoms with van der Waals surface area (Å²) in [4.78, 5) is 6.92. The van der Waals surface area contributed by atoms with E-state index in [0.29, 0.717) is 6.54 Å². The fourth-order valence-corrected chi connectivity index (χ4v) is 3.90. The van der Waals surface area contributed by atoms with Crippen LogP contribution in [-0.4, -0.2) is 57.4 Å². The second kappa shape index (κ2) is 11.2. The van der Waals surface area contributed by atoms with Crippen molar-refractivity contribution in [1.29, 1.82) is 0 Å². The summed E-state index contributed by atoms with van der Waals surface area (Å²) in [5, 5.41) is 6.99. The van der Waals surface area contributed by atoms with Crippen molar-refractivity contribution >= 4 is 5.96 Å². The lowest BCUT2D eigenvalue weighted by Gasteiger charge is -2.35. The van der Waals surface area contributed by atoms with E-state index in [2.05, 4.69) is 69.1 Å². The zero-order valence-corrected chi connectivity index (χ0v) is 18.4. The molecule has 1 aliphatic heterocycles. The first-order chi connectivity index (χ1) is 15.3. The summed E-state index contributed by atoms with van der Waals surface area (Å²) in [6.45, 7) is 5.74. The van der Waals surface area contributed by atoms with Crippen molar-refractivity contribution in [2.24, 2.45) is 10.9 Å². The van der Waals surface area contributed by atoms with Crippen LogP contribution in [-0.2, 0) is 11.3 Å². The largest absolute Gasteiger partial charge is 0.493 e. The van der Waals surface area contributed by atoms with E-state index >= 15 is 0 Å². The average Bonchev–Trinajstić information content (AvgIpc) is 3.66. The number of nitrogens with zero attached hydrogens (tertiary/aromatic N) is 2. The Balaban J connectivity index is 1.34. The third kappa shape index (κ3) is 6.45. The summed E-state index contributed by atoms with van der Waals surface area (Å²) in [5.41, 5.74) is 2.46. The van der Waals surface area contributed by atoms with Crippen molar-refractivity contribution in [2.75, 3.05) is 46.5 Å². The first-order valence-corrected chi connectivity index (χ1v) is 11.4. The van der Waals surface area contributed by atoms with E-state index in [-0.39, 0.29) is 6.04 Å². The maximum atomic E-state index is 6.04. The Labute approximate surface area is 185 Å². The normalized spacial score (nSPS) is 18.4. The molecule has 2 aliphatic rings. The molecule has 1 atom stereocenters. The highest BCUT2D eigenvalue weighted by atomic mass is 16.5. The van der Waals surface area contributed by atoms with Crippen LogP contribution in [0.3, 0.4) is 0 Å². The van der Waals surface area contributed by atoms with E-state index in [0.717, 1.165) is 62.6 Å². The fraction of sp³-hybridized carbons (Fsp3) is 0.480. The van der Waals surface area contributed by atoms with Gasteiger partial charge < -0.3 is 20.1 Å². The van der Waals surface area contributed by atoms with Crippen LogP contribution >= 0.6 is 0 Å². The second-order valence-corrected chi connectivity index (χ2v) is 8.24. The van der Waals surface area contributed by atoms with Crippen molar-refractivity contribution in [3.8, 4) is 5.75 Å². The molecule has 2 N–H and O–H groups in total. The molecule has 4 rings (SSSR count). The van der Waals surface area contributed by atoms with Crippen molar-refractivity contribution < 1.29 is 9.47 Å². The summed E-state index contributed by atoms with van der Waals surface area (Å²) in [5.74, 6) is 2.50. The Morgan fingerprint density at radius 3 is 2.55 bits per heavy atom. The number of hydrogen-bond donors (Lipinski definition) is 2. The molecule has 1 unspecified atom stereocenters. The highest BCUT2D eigenvalue weighted by Gasteiger charge is 2.23. The predicted molar refractivity (Wildman–Crippen MR) is 124 cm³/mol. The van der Waals surface area contributed by atoms with Crippen LogP contribution in [0.5, 0.6) is 5.75 Å². The van der Waals surface area contributed by atoms with Gasteiger partial charge in [-0.05, 0) is 30.4 Å². The van der Waals surface area contributed by atoms with Crippen molar-refractivity contribution in [3.05, 3.63) is 65.7 Å². The highest BCUT2D eigenvalue weighted by molar-refractivity contribution is 5.79. The van der Waals surface area contributed by atoms with Crippen LogP contribution in [0, 0.1) is 5.92 Å². The van der Waals surface area contributed by atoms with E-state index < -0.39 is 0 Å². The van der Waals surface area contributed by atoms with E-state index in [1.165, 1.54) is 18.4 Å². The molecule has 0 bridgehead atoms. The molecule has 1 heterocycles. The monoisotopic (exact) mass is 422 g/mol. The van der Waals surface area contributed by atoms with Crippen molar-refractivity contribution in [3.63, 3.8) is 0 Å². The van der Waals surface area contributed by atoms with Crippen LogP contribution in [0.4, 0.5) is 0 Å². The topological polar surface area (TPSA) is 58.1 Å². The highest BCUT2D eigenvalue weighted by Crippen LogP contribution is 2.30. The number of benzene rings is 2. The molecule has 0 amide bonds. The number of para-hydroxylation sites is 1. The molecule has 0 spiro atoms. The van der Waals surface area contributed by atoms with E-state index in [1.54, 1.807) is 0 Å². The van der Waals surface area contributed by atoms with Gasteiger partial charge in [0.2, 0.25) is 0 Å². The third-order valence-electron chi connectivity index (χ3n) is 5.95. The van der Waals surface area contributed by atoms with Gasteiger partial charge in [0.05, 0.1) is 25.9 Å². The molecule has 166 valence electrons. The molecule has 1 aliphatic carbocycles. The molecule has 2 fully saturated rings. The van der Waals surface area contributed by atoms with Gasteiger partial charge in [0.15, 0.2) is 5.96 Å². The maximum Gasteiger partial charge on any atom is 0.191 e. The molecule has 2 aromatic rings. The summed E-state index contributed by atoms with van der Waals surface area (Å²) in [7, 11) is 1.82. The SMILES string of the molecule is CN=C(NCc1ccccc1OCC1CC1)NCC(c1ccccc1)N1CCOCC1. The number of hydrogen-bond acceptors (Lipinski definition) is 4. The number of morpholine rings is 1. The van der Waals surface area contributed by atoms with Crippen molar-refractivity contribution in [2.45, 2.75) is 25.4 Å². The van der Waals surface area contributed by atoms with Crippen LogP contribution in [0.1, 0.15) is 30.0 Å². The van der Waals surface area contributed by atoms with E-state index in [9.17, 15) is 0 Å². The van der Waals surface area contributed by atoms with Gasteiger partial charge in [-0.2, -0.15) is 0 Å². The summed E-state index contributed by atoms with van der Waals surface area (Å²) in [6, 6.07) is 19.2. The second-order valence-electron chi connectivity index (χ2n) is 8.24. The molecular formula is C25H34N4O2. The van der Waals surface area contributed by atoms with Crippen LogP contribution in [0.2, 0.25) is 0 Å². The minimum atomic E-state index is 0.276. The van der Waals surface area contributed by atoms with E-state index in [4.69, 9.17) is 9.47 Å². The Bertz CT molecular complexity index is 832. The molecule has 0 aromatic heterocycles. The Morgan fingerprint density at radius 1 is 1.06 bits per heavy atom. The predicted octanol–water partition coefficient (Wildman–Crippen LogP) is 3.21. The Hall–Kier alpha value is -2.57. The number of guanidine groups is 1. The Morgan fingerprint density at radius 2 is 1.81 bits per heavy atom. The molecule has 0 radical (unpaired) electrons. The molecule has 6 heteroatoms. The lowest BCUT2D eigenvalue weighted by atomic mass is 10.0. The lowest BCUT2D eigenvalue weighted by Crippen LogP contribution is -2.46. The van der Waals surface area contributed by atoms with Crippen LogP contribution in [0.15, 0.2) is 59.6 Å². The van der Waals surface area contributed by atoms with Gasteiger partial charge in [0, 0.05) is 38.8 Å². The van der Waals surface area contributed by atoms with Gasteiger partial charge in [0.25, 0.3) is 0 Å². The average molecular weight is 423 g/mol. The minimum Gasteiger partial charge on any atom is -0.493 e. The van der Waals surface area contributed by atoms with E-state index in [1.807, 2.05) is 13.1 Å². The standard InChI is InChI=1S/C25H34N4O2/c1-26-25(27-17-22-9-5-6-10-24(22)31-19-20-11-12-20)28-18-23(21-7-3-2-4-8-21)29-13-15-30-16-14-29/h2-10,20,23H,11-19H2,1H3,(H2,26,27,28). The minimum absolute atomic E-state index is 0.276.